The Morgan fingerprint density at radius 1 is 1.17 bits per heavy atom. The molecule has 0 bridgehead atoms. The van der Waals surface area contributed by atoms with Crippen LogP contribution in [0.5, 0.6) is 0 Å². The second-order valence-electron chi connectivity index (χ2n) is 4.14. The highest BCUT2D eigenvalue weighted by Crippen LogP contribution is 2.27. The molecule has 0 spiro atoms. The van der Waals surface area contributed by atoms with Gasteiger partial charge in [0.25, 0.3) is 0 Å². The lowest BCUT2D eigenvalue weighted by Crippen LogP contribution is -2.23. The van der Waals surface area contributed by atoms with Crippen LogP contribution in [-0.4, -0.2) is 16.5 Å². The number of nitrogens with zero attached hydrogens (tertiary/aromatic N) is 3. The fourth-order valence-electron chi connectivity index (χ4n) is 1.79. The van der Waals surface area contributed by atoms with Crippen LogP contribution in [0.15, 0.2) is 41.3 Å². The van der Waals surface area contributed by atoms with E-state index in [-0.39, 0.29) is 0 Å². The summed E-state index contributed by atoms with van der Waals surface area (Å²) in [5.74, 6) is 0.995. The maximum absolute atomic E-state index is 4.47. The number of pyridine rings is 2. The monoisotopic (exact) mass is 305 g/mol. The Morgan fingerprint density at radius 2 is 1.89 bits per heavy atom. The van der Waals surface area contributed by atoms with E-state index in [0.717, 1.165) is 23.4 Å². The molecule has 94 valence electrons. The Morgan fingerprint density at radius 3 is 2.56 bits per heavy atom. The zero-order valence-electron chi connectivity index (χ0n) is 10.6. The molecule has 0 N–H and O–H groups in total. The molecule has 2 aromatic heterocycles. The highest BCUT2D eigenvalue weighted by Gasteiger charge is 2.11. The molecule has 4 heteroatoms. The zero-order valence-corrected chi connectivity index (χ0v) is 12.2. The molecular weight excluding hydrogens is 290 g/mol. The van der Waals surface area contributed by atoms with E-state index in [1.807, 2.05) is 36.8 Å². The predicted octanol–water partition coefficient (Wildman–Crippen LogP) is 3.57. The van der Waals surface area contributed by atoms with Gasteiger partial charge in [-0.25, -0.2) is 4.98 Å². The standard InChI is InChI=1S/C14H16BrN3/c1-3-18(10-12-5-7-16-8-6-12)14-13(15)11(2)4-9-17-14/h4-9H,3,10H2,1-2H3. The first kappa shape index (κ1) is 13.0. The summed E-state index contributed by atoms with van der Waals surface area (Å²) in [5.41, 5.74) is 2.44. The third kappa shape index (κ3) is 2.88. The highest BCUT2D eigenvalue weighted by molar-refractivity contribution is 9.10. The van der Waals surface area contributed by atoms with Crippen molar-refractivity contribution in [3.8, 4) is 0 Å². The fraction of sp³-hybridized carbons (Fsp3) is 0.286. The summed E-state index contributed by atoms with van der Waals surface area (Å²) in [6, 6.07) is 6.08. The fourth-order valence-corrected chi connectivity index (χ4v) is 2.28. The van der Waals surface area contributed by atoms with Gasteiger partial charge in [0.05, 0.1) is 4.47 Å². The number of aromatic nitrogens is 2. The number of halogens is 1. The molecular formula is C14H16BrN3. The van der Waals surface area contributed by atoms with Crippen LogP contribution < -0.4 is 4.90 Å². The first-order chi connectivity index (χ1) is 8.72. The maximum Gasteiger partial charge on any atom is 0.143 e. The van der Waals surface area contributed by atoms with Crippen molar-refractivity contribution in [3.05, 3.63) is 52.4 Å². The van der Waals surface area contributed by atoms with Crippen LogP contribution in [0.3, 0.4) is 0 Å². The average molecular weight is 306 g/mol. The summed E-state index contributed by atoms with van der Waals surface area (Å²) in [5, 5.41) is 0. The molecule has 0 aliphatic carbocycles. The van der Waals surface area contributed by atoms with Gasteiger partial charge in [-0.2, -0.15) is 0 Å². The number of aryl methyl sites for hydroxylation is 1. The third-order valence-electron chi connectivity index (χ3n) is 2.87. The van der Waals surface area contributed by atoms with E-state index >= 15 is 0 Å². The summed E-state index contributed by atoms with van der Waals surface area (Å²) < 4.78 is 1.07. The number of hydrogen-bond acceptors (Lipinski definition) is 3. The maximum atomic E-state index is 4.47. The van der Waals surface area contributed by atoms with Crippen LogP contribution in [-0.2, 0) is 6.54 Å². The van der Waals surface area contributed by atoms with Gasteiger partial charge in [0.1, 0.15) is 5.82 Å². The number of rotatable bonds is 4. The van der Waals surface area contributed by atoms with Crippen molar-refractivity contribution >= 4 is 21.7 Å². The molecule has 0 radical (unpaired) electrons. The van der Waals surface area contributed by atoms with E-state index in [0.29, 0.717) is 0 Å². The van der Waals surface area contributed by atoms with Crippen molar-refractivity contribution in [1.29, 1.82) is 0 Å². The third-order valence-corrected chi connectivity index (χ3v) is 3.85. The lowest BCUT2D eigenvalue weighted by atomic mass is 10.2. The molecule has 0 saturated heterocycles. The lowest BCUT2D eigenvalue weighted by molar-refractivity contribution is 0.808. The molecule has 2 aromatic rings. The summed E-state index contributed by atoms with van der Waals surface area (Å²) in [6.45, 7) is 5.97. The quantitative estimate of drug-likeness (QED) is 0.864. The summed E-state index contributed by atoms with van der Waals surface area (Å²) in [6.07, 6.45) is 5.49. The van der Waals surface area contributed by atoms with E-state index in [4.69, 9.17) is 0 Å². The first-order valence-corrected chi connectivity index (χ1v) is 6.76. The summed E-state index contributed by atoms with van der Waals surface area (Å²) in [4.78, 5) is 10.8. The second-order valence-corrected chi connectivity index (χ2v) is 4.93. The predicted molar refractivity (Wildman–Crippen MR) is 77.6 cm³/mol. The minimum Gasteiger partial charge on any atom is -0.352 e. The second kappa shape index (κ2) is 5.96. The van der Waals surface area contributed by atoms with Gasteiger partial charge in [-0.3, -0.25) is 4.98 Å². The van der Waals surface area contributed by atoms with Crippen molar-refractivity contribution in [2.45, 2.75) is 20.4 Å². The molecule has 0 aliphatic rings. The van der Waals surface area contributed by atoms with Crippen molar-refractivity contribution in [2.24, 2.45) is 0 Å². The molecule has 0 aliphatic heterocycles. The molecule has 2 heterocycles. The molecule has 18 heavy (non-hydrogen) atoms. The smallest absolute Gasteiger partial charge is 0.143 e. The van der Waals surface area contributed by atoms with E-state index in [1.165, 1.54) is 11.1 Å². The Kier molecular flexibility index (Phi) is 4.31. The number of anilines is 1. The first-order valence-electron chi connectivity index (χ1n) is 5.97. The highest BCUT2D eigenvalue weighted by atomic mass is 79.9. The largest absolute Gasteiger partial charge is 0.352 e. The van der Waals surface area contributed by atoms with Crippen LogP contribution in [0.2, 0.25) is 0 Å². The lowest BCUT2D eigenvalue weighted by Gasteiger charge is -2.23. The van der Waals surface area contributed by atoms with Gasteiger partial charge in [-0.15, -0.1) is 0 Å². The Labute approximate surface area is 116 Å². The molecule has 0 atom stereocenters. The SMILES string of the molecule is CCN(Cc1ccncc1)c1nccc(C)c1Br. The molecule has 0 unspecified atom stereocenters. The molecule has 3 nitrogen and oxygen atoms in total. The van der Waals surface area contributed by atoms with Gasteiger partial charge in [0.15, 0.2) is 0 Å². The van der Waals surface area contributed by atoms with E-state index < -0.39 is 0 Å². The molecule has 0 fully saturated rings. The summed E-state index contributed by atoms with van der Waals surface area (Å²) >= 11 is 3.62. The zero-order chi connectivity index (χ0) is 13.0. The van der Waals surface area contributed by atoms with E-state index in [1.54, 1.807) is 0 Å². The van der Waals surface area contributed by atoms with Crippen LogP contribution in [0.4, 0.5) is 5.82 Å². The van der Waals surface area contributed by atoms with Crippen molar-refractivity contribution in [2.75, 3.05) is 11.4 Å². The van der Waals surface area contributed by atoms with Gasteiger partial charge in [-0.05, 0) is 59.1 Å². The van der Waals surface area contributed by atoms with Crippen LogP contribution in [0.25, 0.3) is 0 Å². The van der Waals surface area contributed by atoms with Gasteiger partial charge in [0, 0.05) is 31.7 Å². The van der Waals surface area contributed by atoms with Crippen molar-refractivity contribution in [3.63, 3.8) is 0 Å². The average Bonchev–Trinajstić information content (AvgIpc) is 2.41. The van der Waals surface area contributed by atoms with Crippen molar-refractivity contribution < 1.29 is 0 Å². The molecule has 0 aromatic carbocycles. The van der Waals surface area contributed by atoms with Gasteiger partial charge >= 0.3 is 0 Å². The van der Waals surface area contributed by atoms with Gasteiger partial charge in [-0.1, -0.05) is 0 Å². The minimum atomic E-state index is 0.841. The molecule has 2 rings (SSSR count). The van der Waals surface area contributed by atoms with Crippen LogP contribution in [0, 0.1) is 6.92 Å². The van der Waals surface area contributed by atoms with Gasteiger partial charge in [0.2, 0.25) is 0 Å². The topological polar surface area (TPSA) is 29.0 Å². The Bertz CT molecular complexity index is 514. The number of hydrogen-bond donors (Lipinski definition) is 0. The Balaban J connectivity index is 2.26. The van der Waals surface area contributed by atoms with Gasteiger partial charge < -0.3 is 4.90 Å². The van der Waals surface area contributed by atoms with E-state index in [2.05, 4.69) is 44.6 Å². The van der Waals surface area contributed by atoms with Crippen LogP contribution in [0.1, 0.15) is 18.1 Å². The summed E-state index contributed by atoms with van der Waals surface area (Å²) in [7, 11) is 0. The molecule has 0 amide bonds. The van der Waals surface area contributed by atoms with Crippen LogP contribution >= 0.6 is 15.9 Å². The van der Waals surface area contributed by atoms with Crippen molar-refractivity contribution in [1.82, 2.24) is 9.97 Å². The minimum absolute atomic E-state index is 0.841. The normalized spacial score (nSPS) is 10.4. The Hall–Kier alpha value is -1.42. The molecule has 0 saturated carbocycles. The van der Waals surface area contributed by atoms with E-state index in [9.17, 15) is 0 Å².